The predicted molar refractivity (Wildman–Crippen MR) is 78.6 cm³/mol. The maximum atomic E-state index is 12.3. The minimum Gasteiger partial charge on any atom is -0.481 e. The number of aliphatic carboxylic acids is 1. The molecule has 22 heavy (non-hydrogen) atoms. The van der Waals surface area contributed by atoms with Gasteiger partial charge in [-0.05, 0) is 25.7 Å². The number of carbonyl (C=O) groups excluding carboxylic acids is 1. The summed E-state index contributed by atoms with van der Waals surface area (Å²) < 4.78 is 5.19. The second-order valence-corrected chi connectivity index (χ2v) is 6.41. The maximum Gasteiger partial charge on any atom is 0.308 e. The molecule has 1 aromatic heterocycles. The molecule has 2 N–H and O–H groups in total. The van der Waals surface area contributed by atoms with Crippen LogP contribution in [0.2, 0.25) is 0 Å². The Hall–Kier alpha value is -1.85. The van der Waals surface area contributed by atoms with Crippen molar-refractivity contribution in [1.29, 1.82) is 0 Å². The molecule has 2 unspecified atom stereocenters. The molecular formula is C16H22N2O4. The van der Waals surface area contributed by atoms with E-state index >= 15 is 0 Å². The normalized spacial score (nSPS) is 26.0. The van der Waals surface area contributed by atoms with Gasteiger partial charge in [0.25, 0.3) is 5.91 Å². The maximum absolute atomic E-state index is 12.3. The number of rotatable bonds is 4. The number of nitrogens with zero attached hydrogens (tertiary/aromatic N) is 1. The molecule has 2 aliphatic carbocycles. The molecule has 2 aliphatic rings. The number of amides is 1. The minimum absolute atomic E-state index is 0.257. The van der Waals surface area contributed by atoms with Gasteiger partial charge >= 0.3 is 5.97 Å². The van der Waals surface area contributed by atoms with Crippen LogP contribution < -0.4 is 5.32 Å². The van der Waals surface area contributed by atoms with Crippen LogP contribution in [0.3, 0.4) is 0 Å². The molecule has 0 saturated heterocycles. The van der Waals surface area contributed by atoms with Crippen molar-refractivity contribution in [3.8, 4) is 0 Å². The van der Waals surface area contributed by atoms with E-state index in [1.165, 1.54) is 0 Å². The number of carboxylic acid groups (broad SMARTS) is 1. The zero-order valence-electron chi connectivity index (χ0n) is 12.6. The van der Waals surface area contributed by atoms with Crippen LogP contribution in [0.25, 0.3) is 0 Å². The van der Waals surface area contributed by atoms with Gasteiger partial charge in [-0.3, -0.25) is 9.59 Å². The van der Waals surface area contributed by atoms with E-state index in [0.717, 1.165) is 44.3 Å². The lowest BCUT2D eigenvalue weighted by molar-refractivity contribution is -0.143. The van der Waals surface area contributed by atoms with Gasteiger partial charge in [0, 0.05) is 18.0 Å². The molecule has 0 aliphatic heterocycles. The van der Waals surface area contributed by atoms with E-state index in [4.69, 9.17) is 4.52 Å². The quantitative estimate of drug-likeness (QED) is 0.892. The highest BCUT2D eigenvalue weighted by Gasteiger charge is 2.32. The molecule has 2 fully saturated rings. The Labute approximate surface area is 129 Å². The first kappa shape index (κ1) is 15.1. The van der Waals surface area contributed by atoms with Gasteiger partial charge < -0.3 is 14.9 Å². The van der Waals surface area contributed by atoms with E-state index in [-0.39, 0.29) is 17.6 Å². The lowest BCUT2D eigenvalue weighted by atomic mass is 9.86. The smallest absolute Gasteiger partial charge is 0.308 e. The number of carboxylic acids is 1. The highest BCUT2D eigenvalue weighted by Crippen LogP contribution is 2.40. The standard InChI is InChI=1S/C16H22N2O4/c19-15(13-9-14(22-18-13)10-7-8-10)17-12-6-4-2-1-3-5-11(12)16(20)21/h9-12H,1-8H2,(H,17,19)(H,20,21). The van der Waals surface area contributed by atoms with Gasteiger partial charge in [-0.2, -0.15) is 0 Å². The summed E-state index contributed by atoms with van der Waals surface area (Å²) in [6.07, 6.45) is 7.50. The van der Waals surface area contributed by atoms with Crippen molar-refractivity contribution >= 4 is 11.9 Å². The number of hydrogen-bond donors (Lipinski definition) is 2. The van der Waals surface area contributed by atoms with Crippen LogP contribution in [-0.2, 0) is 4.79 Å². The van der Waals surface area contributed by atoms with E-state index in [0.29, 0.717) is 18.8 Å². The molecular weight excluding hydrogens is 284 g/mol. The number of carbonyl (C=O) groups is 2. The third-order valence-corrected chi connectivity index (χ3v) is 4.64. The molecule has 0 aromatic carbocycles. The fourth-order valence-electron chi connectivity index (χ4n) is 3.15. The van der Waals surface area contributed by atoms with E-state index < -0.39 is 11.9 Å². The van der Waals surface area contributed by atoms with Gasteiger partial charge in [0.2, 0.25) is 0 Å². The van der Waals surface area contributed by atoms with E-state index in [1.54, 1.807) is 6.07 Å². The summed E-state index contributed by atoms with van der Waals surface area (Å²) in [5.74, 6) is -0.502. The number of hydrogen-bond acceptors (Lipinski definition) is 4. The van der Waals surface area contributed by atoms with E-state index in [1.807, 2.05) is 0 Å². The summed E-state index contributed by atoms with van der Waals surface area (Å²) in [4.78, 5) is 23.8. The van der Waals surface area contributed by atoms with E-state index in [9.17, 15) is 14.7 Å². The van der Waals surface area contributed by atoms with Crippen molar-refractivity contribution in [1.82, 2.24) is 10.5 Å². The molecule has 0 bridgehead atoms. The summed E-state index contributed by atoms with van der Waals surface area (Å²) in [6, 6.07) is 1.36. The van der Waals surface area contributed by atoms with Gasteiger partial charge in [0.1, 0.15) is 5.76 Å². The largest absolute Gasteiger partial charge is 0.481 e. The van der Waals surface area contributed by atoms with Crippen LogP contribution in [0.15, 0.2) is 10.6 Å². The van der Waals surface area contributed by atoms with E-state index in [2.05, 4.69) is 10.5 Å². The first-order valence-corrected chi connectivity index (χ1v) is 8.15. The van der Waals surface area contributed by atoms with Gasteiger partial charge in [-0.1, -0.05) is 30.8 Å². The molecule has 120 valence electrons. The number of aromatic nitrogens is 1. The Kier molecular flexibility index (Phi) is 4.45. The van der Waals surface area contributed by atoms with Gasteiger partial charge in [-0.25, -0.2) is 0 Å². The Morgan fingerprint density at radius 2 is 1.86 bits per heavy atom. The second kappa shape index (κ2) is 6.50. The van der Waals surface area contributed by atoms with Crippen LogP contribution >= 0.6 is 0 Å². The lowest BCUT2D eigenvalue weighted by Gasteiger charge is -2.26. The molecule has 1 amide bonds. The predicted octanol–water partition coefficient (Wildman–Crippen LogP) is 2.71. The molecule has 1 aromatic rings. The third kappa shape index (κ3) is 3.48. The highest BCUT2D eigenvalue weighted by atomic mass is 16.5. The van der Waals surface area contributed by atoms with Crippen molar-refractivity contribution in [2.45, 2.75) is 63.3 Å². The first-order chi connectivity index (χ1) is 10.6. The molecule has 1 heterocycles. The Balaban J connectivity index is 1.66. The third-order valence-electron chi connectivity index (χ3n) is 4.64. The van der Waals surface area contributed by atoms with Crippen molar-refractivity contribution in [2.75, 3.05) is 0 Å². The molecule has 6 nitrogen and oxygen atoms in total. The molecule has 2 saturated carbocycles. The lowest BCUT2D eigenvalue weighted by Crippen LogP contribution is -2.44. The average molecular weight is 306 g/mol. The molecule has 0 spiro atoms. The van der Waals surface area contributed by atoms with Crippen LogP contribution in [0.4, 0.5) is 0 Å². The van der Waals surface area contributed by atoms with Crippen molar-refractivity contribution in [2.24, 2.45) is 5.92 Å². The van der Waals surface area contributed by atoms with Crippen molar-refractivity contribution < 1.29 is 19.2 Å². The first-order valence-electron chi connectivity index (χ1n) is 8.15. The summed E-state index contributed by atoms with van der Waals surface area (Å²) >= 11 is 0. The summed E-state index contributed by atoms with van der Waals surface area (Å²) in [5.41, 5.74) is 0.257. The topological polar surface area (TPSA) is 92.4 Å². The average Bonchev–Trinajstić information content (AvgIpc) is 3.19. The highest BCUT2D eigenvalue weighted by molar-refractivity contribution is 5.92. The molecule has 0 radical (unpaired) electrons. The van der Waals surface area contributed by atoms with Crippen LogP contribution in [0.1, 0.15) is 73.5 Å². The van der Waals surface area contributed by atoms with Crippen LogP contribution in [0.5, 0.6) is 0 Å². The zero-order valence-corrected chi connectivity index (χ0v) is 12.6. The van der Waals surface area contributed by atoms with Crippen LogP contribution in [-0.4, -0.2) is 28.2 Å². The molecule has 2 atom stereocenters. The Bertz CT molecular complexity index is 550. The van der Waals surface area contributed by atoms with Gasteiger partial charge in [0.15, 0.2) is 5.69 Å². The van der Waals surface area contributed by atoms with Gasteiger partial charge in [-0.15, -0.1) is 0 Å². The van der Waals surface area contributed by atoms with Gasteiger partial charge in [0.05, 0.1) is 5.92 Å². The Morgan fingerprint density at radius 1 is 1.14 bits per heavy atom. The Morgan fingerprint density at radius 3 is 2.55 bits per heavy atom. The molecule has 6 heteroatoms. The summed E-state index contributed by atoms with van der Waals surface area (Å²) in [6.45, 7) is 0. The van der Waals surface area contributed by atoms with Crippen molar-refractivity contribution in [3.63, 3.8) is 0 Å². The minimum atomic E-state index is -0.828. The van der Waals surface area contributed by atoms with Crippen LogP contribution in [0, 0.1) is 5.92 Å². The fraction of sp³-hybridized carbons (Fsp3) is 0.688. The zero-order chi connectivity index (χ0) is 15.5. The molecule has 3 rings (SSSR count). The summed E-state index contributed by atoms with van der Waals surface area (Å²) in [7, 11) is 0. The summed E-state index contributed by atoms with van der Waals surface area (Å²) in [5, 5.41) is 16.1. The number of nitrogens with one attached hydrogen (secondary N) is 1. The monoisotopic (exact) mass is 306 g/mol. The van der Waals surface area contributed by atoms with Crippen molar-refractivity contribution in [3.05, 3.63) is 17.5 Å². The fourth-order valence-corrected chi connectivity index (χ4v) is 3.15. The SMILES string of the molecule is O=C(NC1CCCCCCC1C(=O)O)c1cc(C2CC2)on1. The second-order valence-electron chi connectivity index (χ2n) is 6.41.